The standard InChI is InChI=1S/C18H26N2O/c1-6-8-9-14-15(7-2)19-16-11-10-13(18(3,4)5)12-20(16)17(14)21/h10-12H,6-9H2,1-5H3. The average molecular weight is 286 g/mol. The first-order chi connectivity index (χ1) is 9.88. The van der Waals surface area contributed by atoms with Crippen molar-refractivity contribution in [2.75, 3.05) is 0 Å². The predicted molar refractivity (Wildman–Crippen MR) is 88.2 cm³/mol. The third kappa shape index (κ3) is 3.17. The quantitative estimate of drug-likeness (QED) is 0.854. The van der Waals surface area contributed by atoms with Crippen LogP contribution >= 0.6 is 0 Å². The minimum absolute atomic E-state index is 0.0284. The van der Waals surface area contributed by atoms with E-state index in [0.717, 1.165) is 48.2 Å². The molecule has 0 spiro atoms. The van der Waals surface area contributed by atoms with Crippen LogP contribution in [0.5, 0.6) is 0 Å². The van der Waals surface area contributed by atoms with Gasteiger partial charge in [0.1, 0.15) is 5.65 Å². The van der Waals surface area contributed by atoms with E-state index < -0.39 is 0 Å². The highest BCUT2D eigenvalue weighted by molar-refractivity contribution is 5.43. The van der Waals surface area contributed by atoms with Gasteiger partial charge >= 0.3 is 0 Å². The highest BCUT2D eigenvalue weighted by atomic mass is 16.1. The van der Waals surface area contributed by atoms with E-state index in [0.29, 0.717) is 0 Å². The zero-order valence-corrected chi connectivity index (χ0v) is 13.9. The number of nitrogens with zero attached hydrogens (tertiary/aromatic N) is 2. The molecule has 0 atom stereocenters. The predicted octanol–water partition coefficient (Wildman–Crippen LogP) is 3.90. The maximum Gasteiger partial charge on any atom is 0.261 e. The largest absolute Gasteiger partial charge is 0.269 e. The Morgan fingerprint density at radius 3 is 2.48 bits per heavy atom. The van der Waals surface area contributed by atoms with Gasteiger partial charge in [-0.2, -0.15) is 0 Å². The molecular formula is C18H26N2O. The number of unbranched alkanes of at least 4 members (excludes halogenated alkanes) is 1. The Kier molecular flexibility index (Phi) is 4.50. The first kappa shape index (κ1) is 15.7. The zero-order valence-electron chi connectivity index (χ0n) is 13.9. The lowest BCUT2D eigenvalue weighted by molar-refractivity contribution is 0.585. The van der Waals surface area contributed by atoms with Crippen molar-refractivity contribution in [2.45, 2.75) is 65.7 Å². The van der Waals surface area contributed by atoms with Crippen molar-refractivity contribution in [3.8, 4) is 0 Å². The first-order valence-corrected chi connectivity index (χ1v) is 7.93. The molecular weight excluding hydrogens is 260 g/mol. The van der Waals surface area contributed by atoms with Gasteiger partial charge in [0.25, 0.3) is 5.56 Å². The lowest BCUT2D eigenvalue weighted by atomic mass is 9.88. The molecule has 2 heterocycles. The Hall–Kier alpha value is -1.64. The second kappa shape index (κ2) is 6.00. The van der Waals surface area contributed by atoms with Crippen LogP contribution in [0.25, 0.3) is 5.65 Å². The minimum atomic E-state index is 0.0284. The van der Waals surface area contributed by atoms with Crippen LogP contribution in [-0.4, -0.2) is 9.38 Å². The van der Waals surface area contributed by atoms with Gasteiger partial charge in [-0.25, -0.2) is 4.98 Å². The first-order valence-electron chi connectivity index (χ1n) is 7.93. The Morgan fingerprint density at radius 1 is 1.19 bits per heavy atom. The molecule has 0 amide bonds. The van der Waals surface area contributed by atoms with Crippen LogP contribution in [0.2, 0.25) is 0 Å². The molecule has 2 aromatic rings. The molecule has 3 nitrogen and oxygen atoms in total. The summed E-state index contributed by atoms with van der Waals surface area (Å²) in [6.45, 7) is 10.7. The molecule has 0 fully saturated rings. The van der Waals surface area contributed by atoms with Gasteiger partial charge in [0.05, 0.1) is 5.69 Å². The van der Waals surface area contributed by atoms with Crippen LogP contribution in [0.1, 0.15) is 64.3 Å². The fourth-order valence-corrected chi connectivity index (χ4v) is 2.56. The van der Waals surface area contributed by atoms with Gasteiger partial charge in [0.15, 0.2) is 0 Å². The molecule has 0 aliphatic heterocycles. The average Bonchev–Trinajstić information content (AvgIpc) is 2.44. The third-order valence-corrected chi connectivity index (χ3v) is 3.98. The Balaban J connectivity index is 2.67. The molecule has 0 aliphatic rings. The van der Waals surface area contributed by atoms with Gasteiger partial charge in [-0.3, -0.25) is 9.20 Å². The molecule has 2 aromatic heterocycles. The maximum atomic E-state index is 12.8. The van der Waals surface area contributed by atoms with Crippen LogP contribution in [0.15, 0.2) is 23.1 Å². The number of pyridine rings is 1. The molecule has 0 radical (unpaired) electrons. The molecule has 114 valence electrons. The zero-order chi connectivity index (χ0) is 15.6. The number of hydrogen-bond donors (Lipinski definition) is 0. The van der Waals surface area contributed by atoms with Crippen LogP contribution in [0.4, 0.5) is 0 Å². The number of rotatable bonds is 4. The van der Waals surface area contributed by atoms with E-state index in [1.54, 1.807) is 4.40 Å². The molecule has 0 bridgehead atoms. The second-order valence-electron chi connectivity index (χ2n) is 6.70. The van der Waals surface area contributed by atoms with Crippen LogP contribution in [0.3, 0.4) is 0 Å². The Morgan fingerprint density at radius 2 is 1.90 bits per heavy atom. The van der Waals surface area contributed by atoms with E-state index in [1.807, 2.05) is 12.3 Å². The highest BCUT2D eigenvalue weighted by Crippen LogP contribution is 2.22. The molecule has 0 saturated heterocycles. The van der Waals surface area contributed by atoms with Crippen LogP contribution in [-0.2, 0) is 18.3 Å². The molecule has 0 N–H and O–H groups in total. The molecule has 0 unspecified atom stereocenters. The van der Waals surface area contributed by atoms with Gasteiger partial charge in [-0.15, -0.1) is 0 Å². The van der Waals surface area contributed by atoms with Crippen LogP contribution < -0.4 is 5.56 Å². The normalized spacial score (nSPS) is 12.0. The Labute approximate surface area is 127 Å². The molecule has 0 aromatic carbocycles. The van der Waals surface area contributed by atoms with E-state index in [1.165, 1.54) is 0 Å². The minimum Gasteiger partial charge on any atom is -0.269 e. The summed E-state index contributed by atoms with van der Waals surface area (Å²) in [4.78, 5) is 17.5. The lowest BCUT2D eigenvalue weighted by Gasteiger charge is -2.20. The Bertz CT molecular complexity index is 693. The summed E-state index contributed by atoms with van der Waals surface area (Å²) in [7, 11) is 0. The van der Waals surface area contributed by atoms with Crippen LogP contribution in [0, 0.1) is 0 Å². The van der Waals surface area contributed by atoms with Crippen molar-refractivity contribution in [3.63, 3.8) is 0 Å². The maximum absolute atomic E-state index is 12.8. The van der Waals surface area contributed by atoms with Crippen molar-refractivity contribution in [3.05, 3.63) is 45.5 Å². The van der Waals surface area contributed by atoms with Crippen molar-refractivity contribution in [1.29, 1.82) is 0 Å². The number of aryl methyl sites for hydroxylation is 1. The van der Waals surface area contributed by atoms with E-state index >= 15 is 0 Å². The molecule has 0 saturated carbocycles. The summed E-state index contributed by atoms with van der Waals surface area (Å²) in [6, 6.07) is 4.04. The summed E-state index contributed by atoms with van der Waals surface area (Å²) in [5, 5.41) is 0. The topological polar surface area (TPSA) is 34.4 Å². The van der Waals surface area contributed by atoms with E-state index in [2.05, 4.69) is 40.7 Å². The monoisotopic (exact) mass is 286 g/mol. The van der Waals surface area contributed by atoms with Gasteiger partial charge in [-0.05, 0) is 36.3 Å². The summed E-state index contributed by atoms with van der Waals surface area (Å²) >= 11 is 0. The van der Waals surface area contributed by atoms with E-state index in [4.69, 9.17) is 4.98 Å². The second-order valence-corrected chi connectivity index (χ2v) is 6.70. The number of hydrogen-bond acceptors (Lipinski definition) is 2. The van der Waals surface area contributed by atoms with Crippen molar-refractivity contribution < 1.29 is 0 Å². The van der Waals surface area contributed by atoms with Crippen molar-refractivity contribution in [1.82, 2.24) is 9.38 Å². The summed E-state index contributed by atoms with van der Waals surface area (Å²) in [5.41, 5.74) is 3.90. The van der Waals surface area contributed by atoms with Gasteiger partial charge in [0, 0.05) is 11.8 Å². The summed E-state index contributed by atoms with van der Waals surface area (Å²) in [5.74, 6) is 0. The SMILES string of the molecule is CCCCc1c(CC)nc2ccc(C(C)(C)C)cn2c1=O. The highest BCUT2D eigenvalue weighted by Gasteiger charge is 2.16. The molecule has 21 heavy (non-hydrogen) atoms. The van der Waals surface area contributed by atoms with Crippen molar-refractivity contribution >= 4 is 5.65 Å². The number of fused-ring (bicyclic) bond motifs is 1. The fraction of sp³-hybridized carbons (Fsp3) is 0.556. The molecule has 3 heteroatoms. The van der Waals surface area contributed by atoms with E-state index in [9.17, 15) is 4.79 Å². The number of aromatic nitrogens is 2. The third-order valence-electron chi connectivity index (χ3n) is 3.98. The van der Waals surface area contributed by atoms with Gasteiger partial charge < -0.3 is 0 Å². The van der Waals surface area contributed by atoms with Gasteiger partial charge in [-0.1, -0.05) is 47.1 Å². The lowest BCUT2D eigenvalue weighted by Crippen LogP contribution is -2.24. The summed E-state index contributed by atoms with van der Waals surface area (Å²) in [6.07, 6.45) is 5.72. The molecule has 2 rings (SSSR count). The van der Waals surface area contributed by atoms with Gasteiger partial charge in [0.2, 0.25) is 0 Å². The smallest absolute Gasteiger partial charge is 0.261 e. The summed E-state index contributed by atoms with van der Waals surface area (Å²) < 4.78 is 1.73. The van der Waals surface area contributed by atoms with Crippen molar-refractivity contribution in [2.24, 2.45) is 0 Å². The molecule has 0 aliphatic carbocycles. The van der Waals surface area contributed by atoms with E-state index in [-0.39, 0.29) is 11.0 Å². The fourth-order valence-electron chi connectivity index (χ4n) is 2.56.